The van der Waals surface area contributed by atoms with Crippen LogP contribution in [-0.2, 0) is 4.79 Å². The Balaban J connectivity index is 1.83. The Hall–Kier alpha value is -1.40. The maximum Gasteiger partial charge on any atom is 0.251 e. The van der Waals surface area contributed by atoms with Gasteiger partial charge in [0.2, 0.25) is 5.91 Å². The second-order valence-electron chi connectivity index (χ2n) is 5.57. The first kappa shape index (κ1) is 16.0. The van der Waals surface area contributed by atoms with Crippen LogP contribution in [0.1, 0.15) is 30.1 Å². The molecule has 2 N–H and O–H groups in total. The molecule has 0 radical (unpaired) electrons. The number of amides is 2. The maximum absolute atomic E-state index is 12.0. The highest BCUT2D eigenvalue weighted by Gasteiger charge is 2.29. The van der Waals surface area contributed by atoms with Crippen LogP contribution in [0.3, 0.4) is 0 Å². The minimum Gasteiger partial charge on any atom is -0.390 e. The molecule has 0 atom stereocenters. The van der Waals surface area contributed by atoms with Gasteiger partial charge in [-0.25, -0.2) is 0 Å². The maximum atomic E-state index is 12.0. The van der Waals surface area contributed by atoms with Crippen molar-refractivity contribution in [2.45, 2.75) is 25.4 Å². The van der Waals surface area contributed by atoms with E-state index >= 15 is 0 Å². The number of piperidine rings is 1. The quantitative estimate of drug-likeness (QED) is 0.865. The van der Waals surface area contributed by atoms with E-state index in [1.165, 1.54) is 0 Å². The summed E-state index contributed by atoms with van der Waals surface area (Å²) in [7, 11) is 0. The molecule has 21 heavy (non-hydrogen) atoms. The lowest BCUT2D eigenvalue weighted by Crippen LogP contribution is -2.48. The number of hydrogen-bond acceptors (Lipinski definition) is 3. The lowest BCUT2D eigenvalue weighted by molar-refractivity contribution is -0.133. The Bertz CT molecular complexity index is 535. The van der Waals surface area contributed by atoms with Gasteiger partial charge in [0.15, 0.2) is 0 Å². The first-order chi connectivity index (χ1) is 9.87. The van der Waals surface area contributed by atoms with E-state index in [0.29, 0.717) is 31.5 Å². The summed E-state index contributed by atoms with van der Waals surface area (Å²) in [4.78, 5) is 25.7. The fraction of sp³-hybridized carbons (Fsp3) is 0.467. The fourth-order valence-electron chi connectivity index (χ4n) is 2.24. The zero-order valence-corrected chi connectivity index (χ0v) is 13.5. The molecular weight excluding hydrogens is 336 g/mol. The van der Waals surface area contributed by atoms with Crippen LogP contribution in [0.25, 0.3) is 0 Å². The molecule has 114 valence electrons. The number of halogens is 1. The first-order valence-electron chi connectivity index (χ1n) is 6.91. The molecule has 0 bridgehead atoms. The molecule has 2 amide bonds. The molecule has 1 fully saturated rings. The average Bonchev–Trinajstić information content (AvgIpc) is 2.44. The SMILES string of the molecule is CC1(O)CCN(C(=O)CNC(=O)c2cccc(Br)c2)CC1. The third-order valence-corrected chi connectivity index (χ3v) is 4.17. The molecule has 5 nitrogen and oxygen atoms in total. The van der Waals surface area contributed by atoms with E-state index in [-0.39, 0.29) is 18.4 Å². The van der Waals surface area contributed by atoms with Gasteiger partial charge in [0.1, 0.15) is 0 Å². The number of hydrogen-bond donors (Lipinski definition) is 2. The van der Waals surface area contributed by atoms with Crippen molar-refractivity contribution in [3.63, 3.8) is 0 Å². The summed E-state index contributed by atoms with van der Waals surface area (Å²) in [6, 6.07) is 7.01. The third-order valence-electron chi connectivity index (χ3n) is 3.68. The fourth-order valence-corrected chi connectivity index (χ4v) is 2.64. The van der Waals surface area contributed by atoms with Crippen LogP contribution in [0.2, 0.25) is 0 Å². The van der Waals surface area contributed by atoms with E-state index in [1.807, 2.05) is 6.07 Å². The van der Waals surface area contributed by atoms with E-state index < -0.39 is 5.60 Å². The molecule has 0 aliphatic carbocycles. The summed E-state index contributed by atoms with van der Waals surface area (Å²) >= 11 is 3.30. The van der Waals surface area contributed by atoms with Gasteiger partial charge in [-0.3, -0.25) is 9.59 Å². The number of carbonyl (C=O) groups excluding carboxylic acids is 2. The number of likely N-dealkylation sites (tertiary alicyclic amines) is 1. The summed E-state index contributed by atoms with van der Waals surface area (Å²) in [5.41, 5.74) is -0.171. The molecule has 1 aromatic rings. The number of nitrogens with one attached hydrogen (secondary N) is 1. The van der Waals surface area contributed by atoms with E-state index in [1.54, 1.807) is 30.0 Å². The van der Waals surface area contributed by atoms with Gasteiger partial charge in [0.05, 0.1) is 12.1 Å². The molecule has 0 spiro atoms. The highest BCUT2D eigenvalue weighted by Crippen LogP contribution is 2.20. The molecule has 2 rings (SSSR count). The van der Waals surface area contributed by atoms with Gasteiger partial charge < -0.3 is 15.3 Å². The summed E-state index contributed by atoms with van der Waals surface area (Å²) < 4.78 is 0.819. The van der Waals surface area contributed by atoms with E-state index in [4.69, 9.17) is 0 Å². The highest BCUT2D eigenvalue weighted by atomic mass is 79.9. The van der Waals surface area contributed by atoms with Crippen molar-refractivity contribution in [1.29, 1.82) is 0 Å². The smallest absolute Gasteiger partial charge is 0.251 e. The number of benzene rings is 1. The Labute approximate surface area is 132 Å². The van der Waals surface area contributed by atoms with Crippen LogP contribution in [0.15, 0.2) is 28.7 Å². The minimum absolute atomic E-state index is 0.0203. The van der Waals surface area contributed by atoms with E-state index in [2.05, 4.69) is 21.2 Å². The first-order valence-corrected chi connectivity index (χ1v) is 7.71. The van der Waals surface area contributed by atoms with Gasteiger partial charge in [-0.05, 0) is 38.0 Å². The summed E-state index contributed by atoms with van der Waals surface area (Å²) in [5, 5.41) is 12.5. The predicted octanol–water partition coefficient (Wildman–Crippen LogP) is 1.55. The normalized spacial score (nSPS) is 17.4. The van der Waals surface area contributed by atoms with Crippen LogP contribution < -0.4 is 5.32 Å². The van der Waals surface area contributed by atoms with E-state index in [9.17, 15) is 14.7 Å². The lowest BCUT2D eigenvalue weighted by atomic mass is 9.94. The predicted molar refractivity (Wildman–Crippen MR) is 82.9 cm³/mol. The lowest BCUT2D eigenvalue weighted by Gasteiger charge is -2.35. The standard InChI is InChI=1S/C15H19BrN2O3/c1-15(21)5-7-18(8-6-15)13(19)10-17-14(20)11-3-2-4-12(16)9-11/h2-4,9,21H,5-8,10H2,1H3,(H,17,20). The van der Waals surface area contributed by atoms with Gasteiger partial charge in [0, 0.05) is 23.1 Å². The molecule has 0 aromatic heterocycles. The van der Waals surface area contributed by atoms with Gasteiger partial charge in [-0.15, -0.1) is 0 Å². The van der Waals surface area contributed by atoms with Crippen molar-refractivity contribution < 1.29 is 14.7 Å². The summed E-state index contributed by atoms with van der Waals surface area (Å²) in [6.45, 7) is 2.81. The molecular formula is C15H19BrN2O3. The molecule has 1 saturated heterocycles. The second kappa shape index (κ2) is 6.58. The van der Waals surface area contributed by atoms with Crippen LogP contribution in [0.4, 0.5) is 0 Å². The number of rotatable bonds is 3. The summed E-state index contributed by atoms with van der Waals surface area (Å²) in [6.07, 6.45) is 1.14. The van der Waals surface area contributed by atoms with Crippen molar-refractivity contribution >= 4 is 27.7 Å². The van der Waals surface area contributed by atoms with Crippen molar-refractivity contribution in [1.82, 2.24) is 10.2 Å². The van der Waals surface area contributed by atoms with Crippen LogP contribution in [-0.4, -0.2) is 47.1 Å². The molecule has 0 unspecified atom stereocenters. The Kier molecular flexibility index (Phi) is 5.00. The Morgan fingerprint density at radius 1 is 1.38 bits per heavy atom. The van der Waals surface area contributed by atoms with Gasteiger partial charge in [0.25, 0.3) is 5.91 Å². The number of aliphatic hydroxyl groups is 1. The van der Waals surface area contributed by atoms with Crippen molar-refractivity contribution in [3.05, 3.63) is 34.3 Å². The number of carbonyl (C=O) groups is 2. The number of nitrogens with zero attached hydrogens (tertiary/aromatic N) is 1. The van der Waals surface area contributed by atoms with E-state index in [0.717, 1.165) is 4.47 Å². The Morgan fingerprint density at radius 2 is 2.05 bits per heavy atom. The Morgan fingerprint density at radius 3 is 2.67 bits per heavy atom. The second-order valence-corrected chi connectivity index (χ2v) is 6.49. The van der Waals surface area contributed by atoms with Crippen molar-refractivity contribution in [2.75, 3.05) is 19.6 Å². The molecule has 1 aliphatic heterocycles. The molecule has 6 heteroatoms. The topological polar surface area (TPSA) is 69.6 Å². The minimum atomic E-state index is -0.684. The van der Waals surface area contributed by atoms with Crippen LogP contribution >= 0.6 is 15.9 Å². The average molecular weight is 355 g/mol. The monoisotopic (exact) mass is 354 g/mol. The molecule has 1 aliphatic rings. The van der Waals surface area contributed by atoms with Crippen LogP contribution in [0.5, 0.6) is 0 Å². The van der Waals surface area contributed by atoms with Crippen LogP contribution in [0, 0.1) is 0 Å². The third kappa shape index (κ3) is 4.54. The molecule has 0 saturated carbocycles. The summed E-state index contributed by atoms with van der Waals surface area (Å²) in [5.74, 6) is -0.387. The molecule has 1 heterocycles. The van der Waals surface area contributed by atoms with Crippen molar-refractivity contribution in [3.8, 4) is 0 Å². The highest BCUT2D eigenvalue weighted by molar-refractivity contribution is 9.10. The molecule has 1 aromatic carbocycles. The van der Waals surface area contributed by atoms with Crippen molar-refractivity contribution in [2.24, 2.45) is 0 Å². The largest absolute Gasteiger partial charge is 0.390 e. The van der Waals surface area contributed by atoms with Gasteiger partial charge in [-0.2, -0.15) is 0 Å². The van der Waals surface area contributed by atoms with Gasteiger partial charge >= 0.3 is 0 Å². The zero-order chi connectivity index (χ0) is 15.5. The zero-order valence-electron chi connectivity index (χ0n) is 11.9. The van der Waals surface area contributed by atoms with Gasteiger partial charge in [-0.1, -0.05) is 22.0 Å².